The van der Waals surface area contributed by atoms with E-state index in [0.717, 1.165) is 22.1 Å². The average molecular weight is 300 g/mol. The number of hydrogen-bond donors (Lipinski definition) is 1. The van der Waals surface area contributed by atoms with Gasteiger partial charge in [-0.1, -0.05) is 13.0 Å². The Balaban J connectivity index is 3.08. The number of anilines is 1. The monoisotopic (exact) mass is 299 g/mol. The maximum absolute atomic E-state index is 9.55. The molecule has 0 spiro atoms. The van der Waals surface area contributed by atoms with E-state index in [1.54, 1.807) is 6.92 Å². The van der Waals surface area contributed by atoms with Crippen LogP contribution in [0.25, 0.3) is 0 Å². The molecule has 1 aromatic carbocycles. The highest BCUT2D eigenvalue weighted by atomic mass is 79.9. The van der Waals surface area contributed by atoms with Gasteiger partial charge >= 0.3 is 0 Å². The van der Waals surface area contributed by atoms with Crippen molar-refractivity contribution in [2.45, 2.75) is 45.8 Å². The molecule has 0 amide bonds. The molecule has 0 fully saturated rings. The van der Waals surface area contributed by atoms with Crippen molar-refractivity contribution >= 4 is 21.6 Å². The molecule has 1 atom stereocenters. The molecular formula is C14H22BrNO. The molecule has 3 heteroatoms. The van der Waals surface area contributed by atoms with Crippen molar-refractivity contribution in [3.05, 3.63) is 28.2 Å². The van der Waals surface area contributed by atoms with Gasteiger partial charge in [-0.3, -0.25) is 0 Å². The van der Waals surface area contributed by atoms with Crippen LogP contribution in [-0.4, -0.2) is 17.7 Å². The SMILES string of the molecule is CCC(C)(C)N(C)c1ccc(C(C)O)cc1Br. The molecule has 0 saturated carbocycles. The maximum Gasteiger partial charge on any atom is 0.0762 e. The van der Waals surface area contributed by atoms with E-state index in [-0.39, 0.29) is 5.54 Å². The van der Waals surface area contributed by atoms with Crippen LogP contribution < -0.4 is 4.90 Å². The lowest BCUT2D eigenvalue weighted by molar-refractivity contribution is 0.199. The predicted molar refractivity (Wildman–Crippen MR) is 77.5 cm³/mol. The second kappa shape index (κ2) is 5.40. The van der Waals surface area contributed by atoms with Gasteiger partial charge in [0.05, 0.1) is 11.8 Å². The Morgan fingerprint density at radius 3 is 2.41 bits per heavy atom. The van der Waals surface area contributed by atoms with Crippen LogP contribution in [0.5, 0.6) is 0 Å². The van der Waals surface area contributed by atoms with E-state index in [4.69, 9.17) is 0 Å². The Hall–Kier alpha value is -0.540. The van der Waals surface area contributed by atoms with E-state index in [0.29, 0.717) is 0 Å². The molecule has 0 aromatic heterocycles. The van der Waals surface area contributed by atoms with Crippen molar-refractivity contribution in [1.29, 1.82) is 0 Å². The summed E-state index contributed by atoms with van der Waals surface area (Å²) in [5.41, 5.74) is 2.21. The Bertz CT molecular complexity index is 388. The lowest BCUT2D eigenvalue weighted by Crippen LogP contribution is -2.40. The summed E-state index contributed by atoms with van der Waals surface area (Å²) in [6.07, 6.45) is 0.651. The fourth-order valence-electron chi connectivity index (χ4n) is 1.62. The first-order valence-electron chi connectivity index (χ1n) is 6.01. The number of nitrogens with zero attached hydrogens (tertiary/aromatic N) is 1. The van der Waals surface area contributed by atoms with Gasteiger partial charge in [-0.15, -0.1) is 0 Å². The van der Waals surface area contributed by atoms with Crippen LogP contribution in [-0.2, 0) is 0 Å². The summed E-state index contributed by atoms with van der Waals surface area (Å²) < 4.78 is 1.03. The molecule has 0 aliphatic heterocycles. The van der Waals surface area contributed by atoms with Gasteiger partial charge in [0.2, 0.25) is 0 Å². The number of rotatable bonds is 4. The normalized spacial score (nSPS) is 13.6. The first-order valence-corrected chi connectivity index (χ1v) is 6.80. The third kappa shape index (κ3) is 3.23. The number of hydrogen-bond acceptors (Lipinski definition) is 2. The zero-order valence-electron chi connectivity index (χ0n) is 11.3. The molecule has 1 aromatic rings. The largest absolute Gasteiger partial charge is 0.389 e. The highest BCUT2D eigenvalue weighted by Crippen LogP contribution is 2.33. The average Bonchev–Trinajstić information content (AvgIpc) is 2.27. The summed E-state index contributed by atoms with van der Waals surface area (Å²) in [4.78, 5) is 2.27. The van der Waals surface area contributed by atoms with Crippen molar-refractivity contribution in [2.75, 3.05) is 11.9 Å². The minimum atomic E-state index is -0.426. The Morgan fingerprint density at radius 2 is 2.00 bits per heavy atom. The third-order valence-corrected chi connectivity index (χ3v) is 4.22. The van der Waals surface area contributed by atoms with Crippen molar-refractivity contribution in [3.63, 3.8) is 0 Å². The van der Waals surface area contributed by atoms with E-state index >= 15 is 0 Å². The van der Waals surface area contributed by atoms with Gasteiger partial charge in [0.25, 0.3) is 0 Å². The molecule has 0 bridgehead atoms. The summed E-state index contributed by atoms with van der Waals surface area (Å²) >= 11 is 3.58. The van der Waals surface area contributed by atoms with Crippen LogP contribution in [0.2, 0.25) is 0 Å². The summed E-state index contributed by atoms with van der Waals surface area (Å²) in [5.74, 6) is 0. The van der Waals surface area contributed by atoms with Gasteiger partial charge in [0.1, 0.15) is 0 Å². The summed E-state index contributed by atoms with van der Waals surface area (Å²) in [5, 5.41) is 9.55. The summed E-state index contributed by atoms with van der Waals surface area (Å²) in [6, 6.07) is 6.03. The fourth-order valence-corrected chi connectivity index (χ4v) is 2.28. The van der Waals surface area contributed by atoms with Gasteiger partial charge in [-0.2, -0.15) is 0 Å². The van der Waals surface area contributed by atoms with Crippen molar-refractivity contribution < 1.29 is 5.11 Å². The standard InChI is InChI=1S/C14H22BrNO/c1-6-14(3,4)16(5)13-8-7-11(10(2)17)9-12(13)15/h7-10,17H,6H2,1-5H3. The van der Waals surface area contributed by atoms with Gasteiger partial charge in [0.15, 0.2) is 0 Å². The zero-order chi connectivity index (χ0) is 13.2. The van der Waals surface area contributed by atoms with Crippen molar-refractivity contribution in [3.8, 4) is 0 Å². The van der Waals surface area contributed by atoms with Crippen LogP contribution in [0, 0.1) is 0 Å². The second-order valence-electron chi connectivity index (χ2n) is 5.11. The topological polar surface area (TPSA) is 23.5 Å². The highest BCUT2D eigenvalue weighted by Gasteiger charge is 2.23. The molecule has 0 aliphatic carbocycles. The third-order valence-electron chi connectivity index (χ3n) is 3.59. The molecule has 1 unspecified atom stereocenters. The van der Waals surface area contributed by atoms with Gasteiger partial charge in [-0.25, -0.2) is 0 Å². The molecule has 0 radical (unpaired) electrons. The molecule has 0 heterocycles. The Morgan fingerprint density at radius 1 is 1.41 bits per heavy atom. The molecule has 0 saturated heterocycles. The second-order valence-corrected chi connectivity index (χ2v) is 5.97. The van der Waals surface area contributed by atoms with Crippen LogP contribution in [0.4, 0.5) is 5.69 Å². The van der Waals surface area contributed by atoms with Gasteiger partial charge in [-0.05, 0) is 60.8 Å². The van der Waals surface area contributed by atoms with E-state index in [9.17, 15) is 5.11 Å². The van der Waals surface area contributed by atoms with Crippen LogP contribution in [0.1, 0.15) is 45.8 Å². The Labute approximate surface area is 113 Å². The minimum absolute atomic E-state index is 0.120. The molecule has 0 aliphatic rings. The quantitative estimate of drug-likeness (QED) is 0.904. The molecule has 1 N–H and O–H groups in total. The van der Waals surface area contributed by atoms with E-state index in [1.165, 1.54) is 0 Å². The molecule has 2 nitrogen and oxygen atoms in total. The lowest BCUT2D eigenvalue weighted by atomic mass is 9.98. The van der Waals surface area contributed by atoms with E-state index < -0.39 is 6.10 Å². The van der Waals surface area contributed by atoms with Crippen molar-refractivity contribution in [2.24, 2.45) is 0 Å². The first-order chi connectivity index (χ1) is 7.79. The summed E-state index contributed by atoms with van der Waals surface area (Å²) in [7, 11) is 2.10. The van der Waals surface area contributed by atoms with Crippen LogP contribution in [0.3, 0.4) is 0 Å². The lowest BCUT2D eigenvalue weighted by Gasteiger charge is -2.37. The Kier molecular flexibility index (Phi) is 4.62. The number of aliphatic hydroxyl groups excluding tert-OH is 1. The van der Waals surface area contributed by atoms with E-state index in [2.05, 4.69) is 54.7 Å². The van der Waals surface area contributed by atoms with Crippen LogP contribution >= 0.6 is 15.9 Å². The zero-order valence-corrected chi connectivity index (χ0v) is 12.9. The van der Waals surface area contributed by atoms with Gasteiger partial charge in [0, 0.05) is 17.1 Å². The predicted octanol–water partition coefficient (Wildman–Crippen LogP) is 4.13. The number of benzene rings is 1. The minimum Gasteiger partial charge on any atom is -0.389 e. The van der Waals surface area contributed by atoms with Crippen molar-refractivity contribution in [1.82, 2.24) is 0 Å². The smallest absolute Gasteiger partial charge is 0.0762 e. The summed E-state index contributed by atoms with van der Waals surface area (Å²) in [6.45, 7) is 8.42. The number of halogens is 1. The first kappa shape index (κ1) is 14.5. The molecule has 96 valence electrons. The molecule has 1 rings (SSSR count). The number of aliphatic hydroxyl groups is 1. The van der Waals surface area contributed by atoms with E-state index in [1.807, 2.05) is 12.1 Å². The maximum atomic E-state index is 9.55. The van der Waals surface area contributed by atoms with Crippen LogP contribution in [0.15, 0.2) is 22.7 Å². The van der Waals surface area contributed by atoms with Gasteiger partial charge < -0.3 is 10.0 Å². The molecular weight excluding hydrogens is 278 g/mol. The highest BCUT2D eigenvalue weighted by molar-refractivity contribution is 9.10. The fraction of sp³-hybridized carbons (Fsp3) is 0.571. The molecule has 17 heavy (non-hydrogen) atoms.